The van der Waals surface area contributed by atoms with E-state index in [1.807, 2.05) is 18.2 Å². The molecule has 0 bridgehead atoms. The Morgan fingerprint density at radius 1 is 1.40 bits per heavy atom. The number of aliphatic hydroxyl groups is 1. The fourth-order valence-corrected chi connectivity index (χ4v) is 1.30. The van der Waals surface area contributed by atoms with Crippen LogP contribution in [0.15, 0.2) is 30.3 Å². The van der Waals surface area contributed by atoms with Gasteiger partial charge in [-0.15, -0.1) is 12.3 Å². The number of carbonyl (C=O) groups excluding carboxylic acids is 1. The van der Waals surface area contributed by atoms with Gasteiger partial charge in [-0.2, -0.15) is 0 Å². The Hall–Kier alpha value is -1.59. The van der Waals surface area contributed by atoms with Crippen molar-refractivity contribution in [3.05, 3.63) is 35.9 Å². The van der Waals surface area contributed by atoms with Gasteiger partial charge in [0, 0.05) is 18.4 Å². The highest BCUT2D eigenvalue weighted by atomic mass is 16.3. The summed E-state index contributed by atoms with van der Waals surface area (Å²) in [4.78, 5) is 11.6. The highest BCUT2D eigenvalue weighted by Crippen LogP contribution is 2.08. The first-order chi connectivity index (χ1) is 7.24. The Labute approximate surface area is 89.9 Å². The maximum atomic E-state index is 11.6. The number of hydrogen-bond acceptors (Lipinski definition) is 2. The van der Waals surface area contributed by atoms with Crippen LogP contribution in [0.2, 0.25) is 0 Å². The number of benzene rings is 1. The van der Waals surface area contributed by atoms with Gasteiger partial charge in [0.25, 0.3) is 0 Å². The molecule has 0 heterocycles. The highest BCUT2D eigenvalue weighted by molar-refractivity contribution is 5.95. The summed E-state index contributed by atoms with van der Waals surface area (Å²) < 4.78 is 0. The van der Waals surface area contributed by atoms with Gasteiger partial charge in [-0.25, -0.2) is 0 Å². The molecule has 0 aliphatic rings. The SMILES string of the molecule is C#CC[C@H](O)CCC(=O)c1ccccc1. The maximum Gasteiger partial charge on any atom is 0.162 e. The van der Waals surface area contributed by atoms with E-state index in [9.17, 15) is 9.90 Å². The van der Waals surface area contributed by atoms with Gasteiger partial charge in [-0.3, -0.25) is 4.79 Å². The number of Topliss-reactive ketones (excluding diaryl/α,β-unsaturated/α-hetero) is 1. The molecule has 0 aliphatic heterocycles. The van der Waals surface area contributed by atoms with Gasteiger partial charge < -0.3 is 5.11 Å². The number of ketones is 1. The van der Waals surface area contributed by atoms with Gasteiger partial charge in [-0.05, 0) is 6.42 Å². The van der Waals surface area contributed by atoms with Crippen molar-refractivity contribution in [2.45, 2.75) is 25.4 Å². The van der Waals surface area contributed by atoms with Crippen LogP contribution in [0, 0.1) is 12.3 Å². The van der Waals surface area contributed by atoms with E-state index in [1.54, 1.807) is 12.1 Å². The molecule has 78 valence electrons. The summed E-state index contributed by atoms with van der Waals surface area (Å²) in [6.07, 6.45) is 5.56. The zero-order valence-electron chi connectivity index (χ0n) is 8.52. The van der Waals surface area contributed by atoms with Gasteiger partial charge in [0.15, 0.2) is 5.78 Å². The quantitative estimate of drug-likeness (QED) is 0.586. The Kier molecular flexibility index (Phi) is 4.59. The molecule has 1 N–H and O–H groups in total. The molecule has 2 heteroatoms. The molecule has 0 spiro atoms. The first-order valence-corrected chi connectivity index (χ1v) is 4.94. The summed E-state index contributed by atoms with van der Waals surface area (Å²) in [7, 11) is 0. The van der Waals surface area contributed by atoms with Gasteiger partial charge in [0.05, 0.1) is 6.10 Å². The summed E-state index contributed by atoms with van der Waals surface area (Å²) in [6.45, 7) is 0. The van der Waals surface area contributed by atoms with Crippen LogP contribution < -0.4 is 0 Å². The van der Waals surface area contributed by atoms with Crippen molar-refractivity contribution in [1.29, 1.82) is 0 Å². The average molecular weight is 202 g/mol. The summed E-state index contributed by atoms with van der Waals surface area (Å²) in [5.74, 6) is 2.42. The molecule has 0 saturated carbocycles. The molecule has 2 nitrogen and oxygen atoms in total. The topological polar surface area (TPSA) is 37.3 Å². The Morgan fingerprint density at radius 2 is 2.07 bits per heavy atom. The molecule has 0 saturated heterocycles. The lowest BCUT2D eigenvalue weighted by molar-refractivity contribution is 0.0943. The van der Waals surface area contributed by atoms with Crippen molar-refractivity contribution in [2.24, 2.45) is 0 Å². The van der Waals surface area contributed by atoms with Crippen LogP contribution >= 0.6 is 0 Å². The van der Waals surface area contributed by atoms with E-state index in [0.29, 0.717) is 24.8 Å². The lowest BCUT2D eigenvalue weighted by Gasteiger charge is -2.05. The third-order valence-electron chi connectivity index (χ3n) is 2.15. The minimum atomic E-state index is -0.567. The van der Waals surface area contributed by atoms with Gasteiger partial charge in [0.1, 0.15) is 0 Å². The molecule has 0 aromatic heterocycles. The first-order valence-electron chi connectivity index (χ1n) is 4.94. The minimum absolute atomic E-state index is 0.0478. The van der Waals surface area contributed by atoms with Crippen LogP contribution in [0.3, 0.4) is 0 Å². The van der Waals surface area contributed by atoms with Crippen LogP contribution in [0.1, 0.15) is 29.6 Å². The van der Waals surface area contributed by atoms with Crippen LogP contribution in [0.4, 0.5) is 0 Å². The molecule has 1 rings (SSSR count). The van der Waals surface area contributed by atoms with Crippen LogP contribution in [-0.4, -0.2) is 17.0 Å². The number of rotatable bonds is 5. The minimum Gasteiger partial charge on any atom is -0.392 e. The van der Waals surface area contributed by atoms with Crippen molar-refractivity contribution in [2.75, 3.05) is 0 Å². The maximum absolute atomic E-state index is 11.6. The second-order valence-electron chi connectivity index (χ2n) is 3.39. The predicted octanol–water partition coefficient (Wildman–Crippen LogP) is 2.03. The largest absolute Gasteiger partial charge is 0.392 e. The monoisotopic (exact) mass is 202 g/mol. The summed E-state index contributed by atoms with van der Waals surface area (Å²) in [5.41, 5.74) is 0.686. The van der Waals surface area contributed by atoms with Crippen molar-refractivity contribution < 1.29 is 9.90 Å². The van der Waals surface area contributed by atoms with Gasteiger partial charge >= 0.3 is 0 Å². The van der Waals surface area contributed by atoms with Crippen molar-refractivity contribution in [1.82, 2.24) is 0 Å². The van der Waals surface area contributed by atoms with Crippen molar-refractivity contribution >= 4 is 5.78 Å². The molecular weight excluding hydrogens is 188 g/mol. The zero-order chi connectivity index (χ0) is 11.1. The van der Waals surface area contributed by atoms with E-state index in [-0.39, 0.29) is 5.78 Å². The van der Waals surface area contributed by atoms with E-state index in [1.165, 1.54) is 0 Å². The molecule has 0 unspecified atom stereocenters. The molecule has 15 heavy (non-hydrogen) atoms. The molecule has 1 aromatic rings. The Bertz CT molecular complexity index is 349. The standard InChI is InChI=1S/C13H14O2/c1-2-6-12(14)9-10-13(15)11-7-4-3-5-8-11/h1,3-5,7-8,12,14H,6,9-10H2/t12-/m0/s1. The van der Waals surface area contributed by atoms with Gasteiger partial charge in [0.2, 0.25) is 0 Å². The van der Waals surface area contributed by atoms with E-state index < -0.39 is 6.10 Å². The zero-order valence-corrected chi connectivity index (χ0v) is 8.52. The third kappa shape index (κ3) is 3.97. The molecule has 0 radical (unpaired) electrons. The molecule has 0 fully saturated rings. The predicted molar refractivity (Wildman–Crippen MR) is 59.5 cm³/mol. The molecule has 1 atom stereocenters. The fourth-order valence-electron chi connectivity index (χ4n) is 1.30. The van der Waals surface area contributed by atoms with Crippen molar-refractivity contribution in [3.8, 4) is 12.3 Å². The lowest BCUT2D eigenvalue weighted by Crippen LogP contribution is -2.09. The second-order valence-corrected chi connectivity index (χ2v) is 3.39. The van der Waals surface area contributed by atoms with E-state index in [2.05, 4.69) is 5.92 Å². The molecule has 1 aromatic carbocycles. The number of carbonyl (C=O) groups is 1. The third-order valence-corrected chi connectivity index (χ3v) is 2.15. The molecule has 0 amide bonds. The van der Waals surface area contributed by atoms with Crippen molar-refractivity contribution in [3.63, 3.8) is 0 Å². The Morgan fingerprint density at radius 3 is 2.67 bits per heavy atom. The first kappa shape index (κ1) is 11.5. The smallest absolute Gasteiger partial charge is 0.162 e. The lowest BCUT2D eigenvalue weighted by atomic mass is 10.0. The van der Waals surface area contributed by atoms with Gasteiger partial charge in [-0.1, -0.05) is 30.3 Å². The number of aliphatic hydroxyl groups excluding tert-OH is 1. The van der Waals surface area contributed by atoms with Crippen LogP contribution in [0.25, 0.3) is 0 Å². The molecular formula is C13H14O2. The highest BCUT2D eigenvalue weighted by Gasteiger charge is 2.08. The normalized spacial score (nSPS) is 11.7. The number of hydrogen-bond donors (Lipinski definition) is 1. The second kappa shape index (κ2) is 6.00. The molecule has 0 aliphatic carbocycles. The van der Waals surface area contributed by atoms with Crippen LogP contribution in [0.5, 0.6) is 0 Å². The number of terminal acetylenes is 1. The summed E-state index contributed by atoms with van der Waals surface area (Å²) >= 11 is 0. The van der Waals surface area contributed by atoms with E-state index in [4.69, 9.17) is 6.42 Å². The summed E-state index contributed by atoms with van der Waals surface area (Å²) in [6, 6.07) is 9.06. The summed E-state index contributed by atoms with van der Waals surface area (Å²) in [5, 5.41) is 9.35. The Balaban J connectivity index is 2.41. The van der Waals surface area contributed by atoms with Crippen LogP contribution in [-0.2, 0) is 0 Å². The van der Waals surface area contributed by atoms with E-state index >= 15 is 0 Å². The average Bonchev–Trinajstić information content (AvgIpc) is 2.27. The van der Waals surface area contributed by atoms with E-state index in [0.717, 1.165) is 0 Å². The fraction of sp³-hybridized carbons (Fsp3) is 0.308.